The van der Waals surface area contributed by atoms with Crippen LogP contribution < -0.4 is 0 Å². The van der Waals surface area contributed by atoms with Gasteiger partial charge in [-0.3, -0.25) is 19.1 Å². The van der Waals surface area contributed by atoms with Gasteiger partial charge >= 0.3 is 24.3 Å². The number of rotatable bonds is 7. The second-order valence-corrected chi connectivity index (χ2v) is 9.39. The summed E-state index contributed by atoms with van der Waals surface area (Å²) in [5, 5.41) is 14.2. The average Bonchev–Trinajstić information content (AvgIpc) is 3.40. The van der Waals surface area contributed by atoms with Crippen LogP contribution in [0.1, 0.15) is 40.5 Å². The number of imidazole rings is 1. The molecular formula is C26H30F6N6O6. The van der Waals surface area contributed by atoms with Crippen LogP contribution in [0.25, 0.3) is 5.65 Å². The van der Waals surface area contributed by atoms with E-state index in [2.05, 4.69) is 38.1 Å². The van der Waals surface area contributed by atoms with Gasteiger partial charge in [0.15, 0.2) is 11.3 Å². The molecule has 1 amide bonds. The molecule has 1 aliphatic heterocycles. The number of carboxylic acids is 2. The Morgan fingerprint density at radius 3 is 2.00 bits per heavy atom. The standard InChI is InChI=1S/C22H28N6O2.2C2HF3O2/c1-26(13-14-30-2)22(29)20-21-24-10-5-19(28(21)16-25-20)18-6-11-27(12-7-18)15-17-3-8-23-9-4-17;2*3-2(4,5)1(6)7/h3-5,8-10,16,18H,6-7,11-15H2,1-2H3;2*(H,6,7). The van der Waals surface area contributed by atoms with Crippen molar-refractivity contribution in [3.8, 4) is 0 Å². The summed E-state index contributed by atoms with van der Waals surface area (Å²) in [4.78, 5) is 47.6. The summed E-state index contributed by atoms with van der Waals surface area (Å²) in [6.07, 6.45) is -0.806. The van der Waals surface area contributed by atoms with Gasteiger partial charge in [-0.15, -0.1) is 0 Å². The summed E-state index contributed by atoms with van der Waals surface area (Å²) in [6.45, 7) is 4.04. The maximum atomic E-state index is 12.8. The number of nitrogens with zero attached hydrogens (tertiary/aromatic N) is 6. The number of pyridine rings is 1. The van der Waals surface area contributed by atoms with Crippen LogP contribution >= 0.6 is 0 Å². The van der Waals surface area contributed by atoms with Gasteiger partial charge in [-0.05, 0) is 49.7 Å². The largest absolute Gasteiger partial charge is 0.490 e. The molecule has 242 valence electrons. The van der Waals surface area contributed by atoms with Gasteiger partial charge in [0.05, 0.1) is 6.61 Å². The molecule has 0 aromatic carbocycles. The molecule has 0 atom stereocenters. The maximum absolute atomic E-state index is 12.8. The number of likely N-dealkylation sites (tertiary alicyclic amines) is 1. The van der Waals surface area contributed by atoms with Gasteiger partial charge in [0.1, 0.15) is 6.33 Å². The monoisotopic (exact) mass is 636 g/mol. The molecule has 1 aliphatic rings. The third-order valence-corrected chi connectivity index (χ3v) is 6.29. The van der Waals surface area contributed by atoms with E-state index in [1.54, 1.807) is 31.6 Å². The number of carbonyl (C=O) groups is 3. The number of methoxy groups -OCH3 is 1. The highest BCUT2D eigenvalue weighted by Gasteiger charge is 2.39. The Bertz CT molecular complexity index is 1350. The molecule has 12 nitrogen and oxygen atoms in total. The molecule has 4 rings (SSSR count). The zero-order valence-corrected chi connectivity index (χ0v) is 23.5. The summed E-state index contributed by atoms with van der Waals surface area (Å²) in [7, 11) is 3.38. The van der Waals surface area contributed by atoms with Crippen molar-refractivity contribution in [3.05, 3.63) is 60.1 Å². The molecule has 0 unspecified atom stereocenters. The highest BCUT2D eigenvalue weighted by Crippen LogP contribution is 2.29. The molecule has 0 spiro atoms. The zero-order valence-electron chi connectivity index (χ0n) is 23.5. The van der Waals surface area contributed by atoms with E-state index < -0.39 is 24.3 Å². The number of aliphatic carboxylic acids is 2. The molecule has 0 aliphatic carbocycles. The zero-order chi connectivity index (χ0) is 33.1. The lowest BCUT2D eigenvalue weighted by Gasteiger charge is -2.32. The normalized spacial score (nSPS) is 14.2. The first-order chi connectivity index (χ1) is 20.6. The van der Waals surface area contributed by atoms with Crippen LogP contribution in [0.3, 0.4) is 0 Å². The molecule has 2 N–H and O–H groups in total. The molecule has 4 heterocycles. The predicted octanol–water partition coefficient (Wildman–Crippen LogP) is 3.49. The van der Waals surface area contributed by atoms with Crippen LogP contribution in [0, 0.1) is 0 Å². The molecule has 0 saturated carbocycles. The average molecular weight is 637 g/mol. The minimum Gasteiger partial charge on any atom is -0.475 e. The summed E-state index contributed by atoms with van der Waals surface area (Å²) in [5.41, 5.74) is 3.49. The summed E-state index contributed by atoms with van der Waals surface area (Å²) >= 11 is 0. The summed E-state index contributed by atoms with van der Waals surface area (Å²) < 4.78 is 70.5. The molecule has 44 heavy (non-hydrogen) atoms. The molecule has 0 radical (unpaired) electrons. The van der Waals surface area contributed by atoms with Crippen LogP contribution in [0.4, 0.5) is 26.3 Å². The molecule has 1 saturated heterocycles. The van der Waals surface area contributed by atoms with E-state index in [1.807, 2.05) is 16.8 Å². The first-order valence-corrected chi connectivity index (χ1v) is 12.8. The lowest BCUT2D eigenvalue weighted by molar-refractivity contribution is -0.193. The molecule has 0 bridgehead atoms. The van der Waals surface area contributed by atoms with E-state index in [1.165, 1.54) is 11.3 Å². The van der Waals surface area contributed by atoms with Crippen LogP contribution in [0.2, 0.25) is 0 Å². The van der Waals surface area contributed by atoms with E-state index >= 15 is 0 Å². The number of aromatic nitrogens is 4. The van der Waals surface area contributed by atoms with Gasteiger partial charge in [0.2, 0.25) is 0 Å². The van der Waals surface area contributed by atoms with Crippen molar-refractivity contribution in [1.29, 1.82) is 0 Å². The first kappa shape index (κ1) is 35.9. The highest BCUT2D eigenvalue weighted by molar-refractivity contribution is 5.97. The number of piperidine rings is 1. The Hall–Kier alpha value is -4.32. The van der Waals surface area contributed by atoms with E-state index in [9.17, 15) is 31.1 Å². The number of hydrogen-bond acceptors (Lipinski definition) is 8. The molecular weight excluding hydrogens is 606 g/mol. The quantitative estimate of drug-likeness (QED) is 0.369. The van der Waals surface area contributed by atoms with Crippen molar-refractivity contribution in [3.63, 3.8) is 0 Å². The number of alkyl halides is 6. The summed E-state index contributed by atoms with van der Waals surface area (Å²) in [5.74, 6) is -5.22. The van der Waals surface area contributed by atoms with Gasteiger partial charge in [0.25, 0.3) is 5.91 Å². The highest BCUT2D eigenvalue weighted by atomic mass is 19.4. The third kappa shape index (κ3) is 10.7. The summed E-state index contributed by atoms with van der Waals surface area (Å²) in [6, 6.07) is 6.21. The topological polar surface area (TPSA) is 150 Å². The Kier molecular flexibility index (Phi) is 13.0. The number of fused-ring (bicyclic) bond motifs is 1. The van der Waals surface area contributed by atoms with Crippen LogP contribution in [-0.2, 0) is 20.9 Å². The van der Waals surface area contributed by atoms with Gasteiger partial charge in [-0.25, -0.2) is 19.6 Å². The molecule has 3 aromatic rings. The van der Waals surface area contributed by atoms with Crippen molar-refractivity contribution >= 4 is 23.5 Å². The fraction of sp³-hybridized carbons (Fsp3) is 0.462. The fourth-order valence-corrected chi connectivity index (χ4v) is 4.05. The van der Waals surface area contributed by atoms with Gasteiger partial charge in [-0.2, -0.15) is 26.3 Å². The van der Waals surface area contributed by atoms with Crippen molar-refractivity contribution in [2.45, 2.75) is 37.7 Å². The SMILES string of the molecule is COCCN(C)C(=O)c1ncn2c(C3CCN(Cc4ccncc4)CC3)ccnc12.O=C(O)C(F)(F)F.O=C(O)C(F)(F)F. The van der Waals surface area contributed by atoms with Crippen molar-refractivity contribution in [1.82, 2.24) is 29.2 Å². The molecule has 1 fully saturated rings. The number of carboxylic acid groups (broad SMARTS) is 2. The first-order valence-electron chi connectivity index (χ1n) is 12.8. The Morgan fingerprint density at radius 2 is 1.50 bits per heavy atom. The van der Waals surface area contributed by atoms with E-state index in [0.717, 1.165) is 32.5 Å². The van der Waals surface area contributed by atoms with Gasteiger partial charge < -0.3 is 19.8 Å². The number of hydrogen-bond donors (Lipinski definition) is 2. The number of likely N-dealkylation sites (N-methyl/N-ethyl adjacent to an activating group) is 1. The van der Waals surface area contributed by atoms with Crippen molar-refractivity contribution in [2.24, 2.45) is 0 Å². The minimum atomic E-state index is -5.08. The van der Waals surface area contributed by atoms with E-state index in [4.69, 9.17) is 24.5 Å². The Balaban J connectivity index is 0.000000402. The fourth-order valence-electron chi connectivity index (χ4n) is 4.05. The van der Waals surface area contributed by atoms with Gasteiger partial charge in [0, 0.05) is 57.4 Å². The minimum absolute atomic E-state index is 0.133. The Morgan fingerprint density at radius 1 is 0.955 bits per heavy atom. The number of ether oxygens (including phenoxy) is 1. The van der Waals surface area contributed by atoms with Gasteiger partial charge in [-0.1, -0.05) is 0 Å². The molecule has 18 heteroatoms. The Labute approximate surface area is 246 Å². The van der Waals surface area contributed by atoms with Crippen molar-refractivity contribution in [2.75, 3.05) is 40.4 Å². The maximum Gasteiger partial charge on any atom is 0.490 e. The number of halogens is 6. The smallest absolute Gasteiger partial charge is 0.475 e. The predicted molar refractivity (Wildman–Crippen MR) is 141 cm³/mol. The van der Waals surface area contributed by atoms with Crippen LogP contribution in [0.5, 0.6) is 0 Å². The lowest BCUT2D eigenvalue weighted by atomic mass is 9.93. The second-order valence-electron chi connectivity index (χ2n) is 9.39. The lowest BCUT2D eigenvalue weighted by Crippen LogP contribution is -2.33. The number of carbonyl (C=O) groups excluding carboxylic acids is 1. The van der Waals surface area contributed by atoms with Crippen molar-refractivity contribution < 1.29 is 55.7 Å². The second kappa shape index (κ2) is 15.9. The van der Waals surface area contributed by atoms with Crippen LogP contribution in [-0.4, -0.2) is 110 Å². The van der Waals surface area contributed by atoms with E-state index in [0.29, 0.717) is 30.4 Å². The van der Waals surface area contributed by atoms with E-state index in [-0.39, 0.29) is 5.91 Å². The number of amides is 1. The third-order valence-electron chi connectivity index (χ3n) is 6.29. The van der Waals surface area contributed by atoms with Crippen LogP contribution in [0.15, 0.2) is 43.1 Å². The molecule has 3 aromatic heterocycles.